The number of benzene rings is 2. The minimum Gasteiger partial charge on any atom is -0.468 e. The highest BCUT2D eigenvalue weighted by Crippen LogP contribution is 2.22. The molecule has 1 aliphatic rings. The van der Waals surface area contributed by atoms with Crippen LogP contribution in [0.25, 0.3) is 0 Å². The Morgan fingerprint density at radius 1 is 1.07 bits per heavy atom. The normalized spacial score (nSPS) is 19.0. The molecule has 8 heteroatoms. The van der Waals surface area contributed by atoms with Crippen molar-refractivity contribution in [1.82, 2.24) is 10.6 Å². The summed E-state index contributed by atoms with van der Waals surface area (Å²) in [5.74, 6) is -0.195. The molecule has 0 aliphatic carbocycles. The quantitative estimate of drug-likeness (QED) is 0.623. The van der Waals surface area contributed by atoms with Crippen LogP contribution >= 0.6 is 11.8 Å². The average molecular weight is 429 g/mol. The highest BCUT2D eigenvalue weighted by molar-refractivity contribution is 8.00. The zero-order valence-corrected chi connectivity index (χ0v) is 17.4. The lowest BCUT2D eigenvalue weighted by atomic mass is 10.0. The van der Waals surface area contributed by atoms with Gasteiger partial charge in [-0.3, -0.25) is 14.9 Å². The van der Waals surface area contributed by atoms with Crippen LogP contribution in [-0.2, 0) is 32.1 Å². The van der Waals surface area contributed by atoms with Gasteiger partial charge in [0.15, 0.2) is 5.78 Å². The third-order valence-electron chi connectivity index (χ3n) is 4.66. The fourth-order valence-electron chi connectivity index (χ4n) is 3.08. The maximum Gasteiger partial charge on any atom is 0.408 e. The SMILES string of the molecule is COC(=O)[C@@H]1CS[C@H](C(=O)[C@H](Cc2ccccc2)NC(=O)OCc2ccccc2)N1. The number of alkyl carbamates (subject to hydrolysis) is 1. The van der Waals surface area contributed by atoms with Gasteiger partial charge in [0.05, 0.1) is 13.2 Å². The van der Waals surface area contributed by atoms with Crippen LogP contribution in [-0.4, -0.2) is 48.2 Å². The fourth-order valence-corrected chi connectivity index (χ4v) is 4.28. The summed E-state index contributed by atoms with van der Waals surface area (Å²) in [7, 11) is 1.31. The van der Waals surface area contributed by atoms with E-state index in [4.69, 9.17) is 9.47 Å². The van der Waals surface area contributed by atoms with Gasteiger partial charge in [0.1, 0.15) is 18.0 Å². The first kappa shape index (κ1) is 21.9. The lowest BCUT2D eigenvalue weighted by Gasteiger charge is -2.21. The predicted octanol–water partition coefficient (Wildman–Crippen LogP) is 2.30. The summed E-state index contributed by atoms with van der Waals surface area (Å²) in [6, 6.07) is 17.4. The first-order valence-corrected chi connectivity index (χ1v) is 10.6. The van der Waals surface area contributed by atoms with Gasteiger partial charge >= 0.3 is 12.1 Å². The molecule has 3 atom stereocenters. The van der Waals surface area contributed by atoms with Gasteiger partial charge in [-0.2, -0.15) is 0 Å². The third kappa shape index (κ3) is 6.08. The van der Waals surface area contributed by atoms with Crippen molar-refractivity contribution < 1.29 is 23.9 Å². The van der Waals surface area contributed by atoms with Crippen LogP contribution in [0.4, 0.5) is 4.79 Å². The molecular weight excluding hydrogens is 404 g/mol. The molecule has 2 aromatic carbocycles. The Morgan fingerprint density at radius 2 is 1.70 bits per heavy atom. The van der Waals surface area contributed by atoms with Gasteiger partial charge in [-0.15, -0.1) is 11.8 Å². The molecule has 1 saturated heterocycles. The van der Waals surface area contributed by atoms with Crippen LogP contribution in [0.1, 0.15) is 11.1 Å². The van der Waals surface area contributed by atoms with E-state index in [9.17, 15) is 14.4 Å². The molecule has 7 nitrogen and oxygen atoms in total. The number of ether oxygens (including phenoxy) is 2. The van der Waals surface area contributed by atoms with E-state index >= 15 is 0 Å². The van der Waals surface area contributed by atoms with Crippen molar-refractivity contribution in [3.63, 3.8) is 0 Å². The number of hydrogen-bond donors (Lipinski definition) is 2. The molecule has 2 N–H and O–H groups in total. The molecule has 158 valence electrons. The summed E-state index contributed by atoms with van der Waals surface area (Å²) in [4.78, 5) is 37.2. The molecular formula is C22H24N2O5S. The Labute approximate surface area is 179 Å². The minimum atomic E-state index is -0.794. The summed E-state index contributed by atoms with van der Waals surface area (Å²) >= 11 is 1.32. The van der Waals surface area contributed by atoms with Crippen molar-refractivity contribution in [3.8, 4) is 0 Å². The number of amides is 1. The van der Waals surface area contributed by atoms with Crippen LogP contribution < -0.4 is 10.6 Å². The number of nitrogens with one attached hydrogen (secondary N) is 2. The Hall–Kier alpha value is -2.84. The van der Waals surface area contributed by atoms with E-state index in [1.165, 1.54) is 18.9 Å². The molecule has 0 saturated carbocycles. The highest BCUT2D eigenvalue weighted by Gasteiger charge is 2.38. The Morgan fingerprint density at radius 3 is 2.33 bits per heavy atom. The number of carbonyl (C=O) groups is 3. The summed E-state index contributed by atoms with van der Waals surface area (Å²) in [6.07, 6.45) is -0.345. The Bertz CT molecular complexity index is 862. The van der Waals surface area contributed by atoms with E-state index in [-0.39, 0.29) is 12.4 Å². The number of methoxy groups -OCH3 is 1. The maximum atomic E-state index is 13.1. The molecule has 2 aromatic rings. The summed E-state index contributed by atoms with van der Waals surface area (Å²) in [5.41, 5.74) is 1.76. The van der Waals surface area contributed by atoms with Gasteiger partial charge < -0.3 is 14.8 Å². The number of Topliss-reactive ketones (excluding diaryl/α,β-unsaturated/α-hetero) is 1. The molecule has 0 bridgehead atoms. The molecule has 0 spiro atoms. The number of hydrogen-bond acceptors (Lipinski definition) is 7. The van der Waals surface area contributed by atoms with Gasteiger partial charge in [-0.05, 0) is 17.5 Å². The van der Waals surface area contributed by atoms with Gasteiger partial charge in [-0.25, -0.2) is 4.79 Å². The monoisotopic (exact) mass is 428 g/mol. The summed E-state index contributed by atoms with van der Waals surface area (Å²) in [6.45, 7) is 0.111. The van der Waals surface area contributed by atoms with Crippen molar-refractivity contribution in [3.05, 3.63) is 71.8 Å². The van der Waals surface area contributed by atoms with Crippen molar-refractivity contribution in [2.75, 3.05) is 12.9 Å². The molecule has 1 amide bonds. The van der Waals surface area contributed by atoms with E-state index in [0.717, 1.165) is 11.1 Å². The van der Waals surface area contributed by atoms with Gasteiger partial charge in [0.2, 0.25) is 0 Å². The van der Waals surface area contributed by atoms with E-state index < -0.39 is 29.5 Å². The molecule has 0 aromatic heterocycles. The lowest BCUT2D eigenvalue weighted by Crippen LogP contribution is -2.50. The van der Waals surface area contributed by atoms with Crippen molar-refractivity contribution in [1.29, 1.82) is 0 Å². The molecule has 1 fully saturated rings. The zero-order chi connectivity index (χ0) is 21.3. The number of carbonyl (C=O) groups excluding carboxylic acids is 3. The van der Waals surface area contributed by atoms with Crippen LogP contribution in [0.15, 0.2) is 60.7 Å². The second-order valence-electron chi connectivity index (χ2n) is 6.81. The lowest BCUT2D eigenvalue weighted by molar-refractivity contribution is -0.142. The van der Waals surface area contributed by atoms with Crippen molar-refractivity contribution in [2.45, 2.75) is 30.5 Å². The number of ketones is 1. The standard InChI is InChI=1S/C22H24N2O5S/c1-28-21(26)18-14-30-20(23-18)19(25)17(12-15-8-4-2-5-9-15)24-22(27)29-13-16-10-6-3-7-11-16/h2-11,17-18,20,23H,12-14H2,1H3,(H,24,27)/t17-,18-,20+/m0/s1. The van der Waals surface area contributed by atoms with Crippen LogP contribution in [0.5, 0.6) is 0 Å². The molecule has 0 radical (unpaired) electrons. The van der Waals surface area contributed by atoms with E-state index in [0.29, 0.717) is 12.2 Å². The summed E-state index contributed by atoms with van der Waals surface area (Å²) in [5, 5.41) is 5.06. The highest BCUT2D eigenvalue weighted by atomic mass is 32.2. The molecule has 3 rings (SSSR count). The first-order valence-electron chi connectivity index (χ1n) is 9.57. The zero-order valence-electron chi connectivity index (χ0n) is 16.6. The van der Waals surface area contributed by atoms with Crippen LogP contribution in [0, 0.1) is 0 Å². The van der Waals surface area contributed by atoms with E-state index in [2.05, 4.69) is 10.6 Å². The fraction of sp³-hybridized carbons (Fsp3) is 0.318. The molecule has 1 aliphatic heterocycles. The van der Waals surface area contributed by atoms with Gasteiger partial charge in [0, 0.05) is 5.75 Å². The number of esters is 1. The van der Waals surface area contributed by atoms with Crippen molar-refractivity contribution >= 4 is 29.6 Å². The average Bonchev–Trinajstić information content (AvgIpc) is 3.28. The molecule has 30 heavy (non-hydrogen) atoms. The van der Waals surface area contributed by atoms with Crippen LogP contribution in [0.3, 0.4) is 0 Å². The third-order valence-corrected chi connectivity index (χ3v) is 5.88. The minimum absolute atomic E-state index is 0.111. The first-order chi connectivity index (χ1) is 14.6. The maximum absolute atomic E-state index is 13.1. The number of thioether (sulfide) groups is 1. The Balaban J connectivity index is 1.64. The predicted molar refractivity (Wildman–Crippen MR) is 114 cm³/mol. The Kier molecular flexibility index (Phi) is 7.87. The van der Waals surface area contributed by atoms with Gasteiger partial charge in [-0.1, -0.05) is 60.7 Å². The van der Waals surface area contributed by atoms with E-state index in [1.54, 1.807) is 0 Å². The second-order valence-corrected chi connectivity index (χ2v) is 7.94. The molecule has 0 unspecified atom stereocenters. The summed E-state index contributed by atoms with van der Waals surface area (Å²) < 4.78 is 10.0. The molecule has 1 heterocycles. The van der Waals surface area contributed by atoms with Crippen LogP contribution in [0.2, 0.25) is 0 Å². The van der Waals surface area contributed by atoms with Crippen molar-refractivity contribution in [2.24, 2.45) is 0 Å². The largest absolute Gasteiger partial charge is 0.468 e. The van der Waals surface area contributed by atoms with E-state index in [1.807, 2.05) is 60.7 Å². The number of rotatable bonds is 8. The smallest absolute Gasteiger partial charge is 0.408 e. The van der Waals surface area contributed by atoms with Gasteiger partial charge in [0.25, 0.3) is 0 Å². The topological polar surface area (TPSA) is 93.7 Å². The second kappa shape index (κ2) is 10.8.